The second-order valence-electron chi connectivity index (χ2n) is 4.83. The number of hydrogen-bond acceptors (Lipinski definition) is 6. The van der Waals surface area contributed by atoms with Gasteiger partial charge in [-0.2, -0.15) is 5.10 Å². The first-order valence-electron chi connectivity index (χ1n) is 6.63. The topological polar surface area (TPSA) is 118 Å². The number of imidazole rings is 1. The van der Waals surface area contributed by atoms with Gasteiger partial charge in [-0.25, -0.2) is 19.5 Å². The van der Waals surface area contributed by atoms with Crippen LogP contribution in [0.5, 0.6) is 0 Å². The quantitative estimate of drug-likeness (QED) is 0.584. The molecule has 3 heterocycles. The summed E-state index contributed by atoms with van der Waals surface area (Å²) in [5.41, 5.74) is 1.75. The largest absolute Gasteiger partial charge is 0.340 e. The maximum Gasteiger partial charge on any atom is 0.340 e. The van der Waals surface area contributed by atoms with E-state index < -0.39 is 0 Å². The highest BCUT2D eigenvalue weighted by Crippen LogP contribution is 2.28. The monoisotopic (exact) mass is 297 g/mol. The highest BCUT2D eigenvalue weighted by Gasteiger charge is 2.19. The predicted molar refractivity (Wildman–Crippen MR) is 76.0 cm³/mol. The molecule has 0 bridgehead atoms. The summed E-state index contributed by atoms with van der Waals surface area (Å²) in [7, 11) is 0. The number of fused-ring (bicyclic) bond motifs is 1. The van der Waals surface area contributed by atoms with Gasteiger partial charge >= 0.3 is 5.69 Å². The van der Waals surface area contributed by atoms with Crippen LogP contribution in [0, 0.1) is 0 Å². The van der Waals surface area contributed by atoms with Crippen molar-refractivity contribution in [3.8, 4) is 11.4 Å². The summed E-state index contributed by atoms with van der Waals surface area (Å²) >= 11 is 0. The molecule has 0 unspecified atom stereocenters. The minimum atomic E-state index is -0.341. The first-order chi connectivity index (χ1) is 10.7. The molecule has 1 aromatic carbocycles. The van der Waals surface area contributed by atoms with E-state index in [-0.39, 0.29) is 11.7 Å². The molecule has 0 fully saturated rings. The lowest BCUT2D eigenvalue weighted by Gasteiger charge is -2.13. The van der Waals surface area contributed by atoms with Crippen LogP contribution in [0.3, 0.4) is 0 Å². The Kier molecular flexibility index (Phi) is 2.65. The van der Waals surface area contributed by atoms with Crippen molar-refractivity contribution in [3.05, 3.63) is 46.9 Å². The number of H-pyrrole nitrogens is 2. The van der Waals surface area contributed by atoms with E-state index in [9.17, 15) is 4.79 Å². The molecule has 0 spiro atoms. The highest BCUT2D eigenvalue weighted by atomic mass is 16.6. The van der Waals surface area contributed by atoms with Crippen LogP contribution in [-0.2, 0) is 0 Å². The van der Waals surface area contributed by atoms with Crippen LogP contribution < -0.4 is 5.69 Å². The van der Waals surface area contributed by atoms with E-state index in [2.05, 4.69) is 30.5 Å². The Morgan fingerprint density at radius 2 is 2.23 bits per heavy atom. The second-order valence-corrected chi connectivity index (χ2v) is 4.83. The fourth-order valence-electron chi connectivity index (χ4n) is 2.43. The van der Waals surface area contributed by atoms with Gasteiger partial charge in [0, 0.05) is 18.0 Å². The smallest absolute Gasteiger partial charge is 0.320 e. The van der Waals surface area contributed by atoms with Crippen molar-refractivity contribution in [2.45, 2.75) is 13.0 Å². The van der Waals surface area contributed by atoms with Crippen molar-refractivity contribution < 1.29 is 4.63 Å². The molecular formula is C13H11N7O2. The molecule has 9 heteroatoms. The van der Waals surface area contributed by atoms with Crippen molar-refractivity contribution in [1.29, 1.82) is 0 Å². The molecule has 2 N–H and O–H groups in total. The maximum absolute atomic E-state index is 11.2. The maximum atomic E-state index is 11.2. The summed E-state index contributed by atoms with van der Waals surface area (Å²) in [6, 6.07) is 5.37. The zero-order valence-electron chi connectivity index (χ0n) is 11.5. The van der Waals surface area contributed by atoms with Gasteiger partial charge in [0.05, 0.1) is 6.04 Å². The average molecular weight is 297 g/mol. The SMILES string of the molecule is C[C@H](c1n[nH]c(=O)[nH]1)n1ccnc1-c1cccc2nonc12. The van der Waals surface area contributed by atoms with Crippen molar-refractivity contribution >= 4 is 11.0 Å². The Balaban J connectivity index is 1.86. The Labute approximate surface area is 123 Å². The van der Waals surface area contributed by atoms with Gasteiger partial charge in [-0.3, -0.25) is 4.98 Å². The minimum Gasteiger partial charge on any atom is -0.320 e. The van der Waals surface area contributed by atoms with E-state index in [0.29, 0.717) is 22.7 Å². The van der Waals surface area contributed by atoms with E-state index in [1.807, 2.05) is 35.9 Å². The van der Waals surface area contributed by atoms with Gasteiger partial charge in [-0.15, -0.1) is 0 Å². The standard InChI is InChI=1S/C13H11N7O2/c1-7(11-15-13(21)17-16-11)20-6-5-14-12(20)8-3-2-4-9-10(8)19-22-18-9/h2-7H,1H3,(H2,15,16,17,21)/t7-/m1/s1. The molecule has 1 atom stereocenters. The van der Waals surface area contributed by atoms with Gasteiger partial charge in [0.2, 0.25) is 0 Å². The van der Waals surface area contributed by atoms with E-state index in [4.69, 9.17) is 4.63 Å². The Morgan fingerprint density at radius 1 is 1.32 bits per heavy atom. The summed E-state index contributed by atoms with van der Waals surface area (Å²) in [4.78, 5) is 18.3. The molecular weight excluding hydrogens is 286 g/mol. The molecule has 110 valence electrons. The molecule has 0 saturated heterocycles. The van der Waals surface area contributed by atoms with Crippen molar-refractivity contribution in [2.24, 2.45) is 0 Å². The first kappa shape index (κ1) is 12.5. The fourth-order valence-corrected chi connectivity index (χ4v) is 2.43. The van der Waals surface area contributed by atoms with E-state index >= 15 is 0 Å². The minimum absolute atomic E-state index is 0.202. The Bertz CT molecular complexity index is 993. The lowest BCUT2D eigenvalue weighted by Crippen LogP contribution is -2.10. The van der Waals surface area contributed by atoms with Gasteiger partial charge < -0.3 is 4.57 Å². The Morgan fingerprint density at radius 3 is 3.05 bits per heavy atom. The fraction of sp³-hybridized carbons (Fsp3) is 0.154. The zero-order chi connectivity index (χ0) is 15.1. The zero-order valence-corrected chi connectivity index (χ0v) is 11.5. The molecule has 0 aliphatic carbocycles. The molecule has 0 aliphatic heterocycles. The third kappa shape index (κ3) is 1.83. The molecule has 0 amide bonds. The van der Waals surface area contributed by atoms with Crippen LogP contribution in [0.15, 0.2) is 40.0 Å². The third-order valence-electron chi connectivity index (χ3n) is 3.53. The lowest BCUT2D eigenvalue weighted by molar-refractivity contribution is 0.315. The molecule has 4 rings (SSSR count). The van der Waals surface area contributed by atoms with Gasteiger partial charge in [-0.1, -0.05) is 6.07 Å². The second kappa shape index (κ2) is 4.65. The summed E-state index contributed by atoms with van der Waals surface area (Å²) in [5.74, 6) is 1.22. The molecule has 0 saturated carbocycles. The molecule has 9 nitrogen and oxygen atoms in total. The molecule has 22 heavy (non-hydrogen) atoms. The highest BCUT2D eigenvalue weighted by molar-refractivity contribution is 5.88. The van der Waals surface area contributed by atoms with Crippen LogP contribution in [-0.4, -0.2) is 35.0 Å². The van der Waals surface area contributed by atoms with Crippen LogP contribution in [0.4, 0.5) is 0 Å². The average Bonchev–Trinajstić information content (AvgIpc) is 3.25. The number of benzene rings is 1. The van der Waals surface area contributed by atoms with E-state index in [0.717, 1.165) is 5.56 Å². The van der Waals surface area contributed by atoms with E-state index in [1.54, 1.807) is 6.20 Å². The first-order valence-corrected chi connectivity index (χ1v) is 6.63. The van der Waals surface area contributed by atoms with Crippen molar-refractivity contribution in [3.63, 3.8) is 0 Å². The Hall–Kier alpha value is -3.23. The van der Waals surface area contributed by atoms with Crippen LogP contribution in [0.2, 0.25) is 0 Å². The summed E-state index contributed by atoms with van der Waals surface area (Å²) < 4.78 is 6.69. The molecule has 0 aliphatic rings. The van der Waals surface area contributed by atoms with Crippen LogP contribution in [0.25, 0.3) is 22.4 Å². The third-order valence-corrected chi connectivity index (χ3v) is 3.53. The molecule has 3 aromatic heterocycles. The number of nitrogens with one attached hydrogen (secondary N) is 2. The van der Waals surface area contributed by atoms with E-state index in [1.165, 1.54) is 0 Å². The van der Waals surface area contributed by atoms with Crippen LogP contribution >= 0.6 is 0 Å². The van der Waals surface area contributed by atoms with Gasteiger partial charge in [0.15, 0.2) is 5.82 Å². The predicted octanol–water partition coefficient (Wildman–Crippen LogP) is 1.11. The number of nitrogens with zero attached hydrogens (tertiary/aromatic N) is 5. The summed E-state index contributed by atoms with van der Waals surface area (Å²) in [5, 5.41) is 14.1. The molecule has 4 aromatic rings. The number of hydrogen-bond donors (Lipinski definition) is 2. The number of rotatable bonds is 3. The molecule has 0 radical (unpaired) electrons. The van der Waals surface area contributed by atoms with Crippen LogP contribution in [0.1, 0.15) is 18.8 Å². The van der Waals surface area contributed by atoms with Crippen molar-refractivity contribution in [1.82, 2.24) is 35.0 Å². The summed E-state index contributed by atoms with van der Waals surface area (Å²) in [6.45, 7) is 1.92. The van der Waals surface area contributed by atoms with Crippen molar-refractivity contribution in [2.75, 3.05) is 0 Å². The lowest BCUT2D eigenvalue weighted by atomic mass is 10.1. The van der Waals surface area contributed by atoms with Gasteiger partial charge in [0.1, 0.15) is 16.9 Å². The number of aromatic nitrogens is 7. The normalized spacial score (nSPS) is 12.8. The number of aromatic amines is 2. The van der Waals surface area contributed by atoms with Gasteiger partial charge in [0.25, 0.3) is 0 Å². The van der Waals surface area contributed by atoms with Gasteiger partial charge in [-0.05, 0) is 29.4 Å². The summed E-state index contributed by atoms with van der Waals surface area (Å²) in [6.07, 6.45) is 3.50.